The number of halogens is 1. The molecule has 1 aromatic carbocycles. The number of rotatable bonds is 2. The summed E-state index contributed by atoms with van der Waals surface area (Å²) in [5.74, 6) is 1.43. The van der Waals surface area contributed by atoms with E-state index in [0.717, 1.165) is 25.0 Å². The second-order valence-corrected chi connectivity index (χ2v) is 5.20. The van der Waals surface area contributed by atoms with E-state index in [4.69, 9.17) is 22.1 Å². The average Bonchev–Trinajstić information content (AvgIpc) is 2.77. The van der Waals surface area contributed by atoms with Crippen LogP contribution in [0.2, 0.25) is 5.02 Å². The van der Waals surface area contributed by atoms with E-state index in [9.17, 15) is 0 Å². The van der Waals surface area contributed by atoms with Crippen molar-refractivity contribution in [2.45, 2.75) is 25.3 Å². The number of nitrogens with zero attached hydrogens (tertiary/aromatic N) is 2. The molecule has 0 bridgehead atoms. The lowest BCUT2D eigenvalue weighted by Crippen LogP contribution is -2.19. The van der Waals surface area contributed by atoms with Crippen LogP contribution in [0, 0.1) is 0 Å². The Kier molecular flexibility index (Phi) is 3.11. The molecular formula is C14H16ClN3O. The van der Waals surface area contributed by atoms with Gasteiger partial charge in [0, 0.05) is 0 Å². The van der Waals surface area contributed by atoms with Gasteiger partial charge in [-0.25, -0.2) is 4.68 Å². The Bertz CT molecular complexity index is 609. The van der Waals surface area contributed by atoms with E-state index < -0.39 is 0 Å². The predicted octanol–water partition coefficient (Wildman–Crippen LogP) is 3.05. The van der Waals surface area contributed by atoms with E-state index in [2.05, 4.69) is 17.2 Å². The molecule has 0 fully saturated rings. The monoisotopic (exact) mass is 277 g/mol. The maximum absolute atomic E-state index is 6.00. The van der Waals surface area contributed by atoms with Crippen molar-refractivity contribution in [3.8, 4) is 5.75 Å². The van der Waals surface area contributed by atoms with Crippen LogP contribution in [0.4, 0.5) is 5.82 Å². The molecule has 0 aliphatic heterocycles. The van der Waals surface area contributed by atoms with Crippen molar-refractivity contribution in [1.82, 2.24) is 9.78 Å². The summed E-state index contributed by atoms with van der Waals surface area (Å²) in [4.78, 5) is 0. The summed E-state index contributed by atoms with van der Waals surface area (Å²) in [5.41, 5.74) is 8.56. The molecule has 1 atom stereocenters. The average molecular weight is 278 g/mol. The molecule has 0 radical (unpaired) electrons. The second-order valence-electron chi connectivity index (χ2n) is 4.80. The Hall–Kier alpha value is -1.68. The van der Waals surface area contributed by atoms with Gasteiger partial charge in [-0.05, 0) is 42.5 Å². The summed E-state index contributed by atoms with van der Waals surface area (Å²) in [7, 11) is 1.69. The first-order chi connectivity index (χ1) is 9.20. The first-order valence-electron chi connectivity index (χ1n) is 6.36. The zero-order chi connectivity index (χ0) is 13.4. The van der Waals surface area contributed by atoms with Gasteiger partial charge < -0.3 is 10.5 Å². The molecule has 0 amide bonds. The SMILES string of the molecule is COc1ccc2c(c1)CCCC2n1ncc(Cl)c1N. The van der Waals surface area contributed by atoms with Crippen molar-refractivity contribution in [1.29, 1.82) is 0 Å². The number of aryl methyl sites for hydroxylation is 1. The number of nitrogen functional groups attached to an aromatic ring is 1. The van der Waals surface area contributed by atoms with Gasteiger partial charge in [-0.2, -0.15) is 5.10 Å². The summed E-state index contributed by atoms with van der Waals surface area (Å²) in [6.07, 6.45) is 4.82. The smallest absolute Gasteiger partial charge is 0.141 e. The van der Waals surface area contributed by atoms with E-state index in [1.54, 1.807) is 13.3 Å². The van der Waals surface area contributed by atoms with Crippen LogP contribution in [0.3, 0.4) is 0 Å². The molecule has 100 valence electrons. The van der Waals surface area contributed by atoms with Crippen LogP contribution >= 0.6 is 11.6 Å². The highest BCUT2D eigenvalue weighted by Gasteiger charge is 2.24. The Labute approximate surface area is 117 Å². The number of hydrogen-bond acceptors (Lipinski definition) is 3. The minimum Gasteiger partial charge on any atom is -0.497 e. The molecule has 0 saturated carbocycles. The minimum absolute atomic E-state index is 0.169. The number of aromatic nitrogens is 2. The van der Waals surface area contributed by atoms with Crippen LogP contribution in [0.15, 0.2) is 24.4 Å². The Morgan fingerprint density at radius 3 is 3.00 bits per heavy atom. The fraction of sp³-hybridized carbons (Fsp3) is 0.357. The number of benzene rings is 1. The van der Waals surface area contributed by atoms with Gasteiger partial charge in [0.25, 0.3) is 0 Å². The number of nitrogens with two attached hydrogens (primary N) is 1. The zero-order valence-electron chi connectivity index (χ0n) is 10.8. The maximum Gasteiger partial charge on any atom is 0.141 e. The summed E-state index contributed by atoms with van der Waals surface area (Å²) in [6.45, 7) is 0. The van der Waals surface area contributed by atoms with Crippen molar-refractivity contribution >= 4 is 17.4 Å². The Morgan fingerprint density at radius 1 is 1.47 bits per heavy atom. The molecule has 19 heavy (non-hydrogen) atoms. The third-order valence-corrected chi connectivity index (χ3v) is 4.01. The molecule has 4 nitrogen and oxygen atoms in total. The molecule has 2 aromatic rings. The van der Waals surface area contributed by atoms with Crippen LogP contribution in [0.1, 0.15) is 30.0 Å². The lowest BCUT2D eigenvalue weighted by Gasteiger charge is -2.27. The Morgan fingerprint density at radius 2 is 2.32 bits per heavy atom. The number of methoxy groups -OCH3 is 1. The van der Waals surface area contributed by atoms with E-state index >= 15 is 0 Å². The predicted molar refractivity (Wildman–Crippen MR) is 75.7 cm³/mol. The number of hydrogen-bond donors (Lipinski definition) is 1. The van der Waals surface area contributed by atoms with Gasteiger partial charge in [0.2, 0.25) is 0 Å². The van der Waals surface area contributed by atoms with Crippen molar-refractivity contribution < 1.29 is 4.74 Å². The van der Waals surface area contributed by atoms with Crippen LogP contribution in [-0.2, 0) is 6.42 Å². The Balaban J connectivity index is 2.05. The lowest BCUT2D eigenvalue weighted by molar-refractivity contribution is 0.410. The van der Waals surface area contributed by atoms with E-state index in [1.165, 1.54) is 11.1 Å². The normalized spacial score (nSPS) is 18.1. The minimum atomic E-state index is 0.169. The maximum atomic E-state index is 6.00. The summed E-state index contributed by atoms with van der Waals surface area (Å²) >= 11 is 6.00. The number of fused-ring (bicyclic) bond motifs is 1. The molecular weight excluding hydrogens is 262 g/mol. The highest BCUT2D eigenvalue weighted by Crippen LogP contribution is 2.36. The van der Waals surface area contributed by atoms with Gasteiger partial charge in [-0.15, -0.1) is 0 Å². The standard InChI is InChI=1S/C14H16ClN3O/c1-19-10-5-6-11-9(7-10)3-2-4-13(11)18-14(16)12(15)8-17-18/h5-8,13H,2-4,16H2,1H3. The molecule has 1 unspecified atom stereocenters. The molecule has 1 aliphatic carbocycles. The summed E-state index contributed by atoms with van der Waals surface area (Å²) < 4.78 is 7.11. The van der Waals surface area contributed by atoms with Gasteiger partial charge >= 0.3 is 0 Å². The van der Waals surface area contributed by atoms with E-state index in [-0.39, 0.29) is 6.04 Å². The quantitative estimate of drug-likeness (QED) is 0.918. The summed E-state index contributed by atoms with van der Waals surface area (Å²) in [5, 5.41) is 4.82. The zero-order valence-corrected chi connectivity index (χ0v) is 11.5. The van der Waals surface area contributed by atoms with Crippen molar-refractivity contribution in [3.63, 3.8) is 0 Å². The largest absolute Gasteiger partial charge is 0.497 e. The fourth-order valence-corrected chi connectivity index (χ4v) is 2.88. The molecule has 1 aromatic heterocycles. The van der Waals surface area contributed by atoms with Crippen molar-refractivity contribution in [2.75, 3.05) is 12.8 Å². The van der Waals surface area contributed by atoms with Gasteiger partial charge in [0.1, 0.15) is 16.6 Å². The first kappa shape index (κ1) is 12.4. The van der Waals surface area contributed by atoms with Gasteiger partial charge in [0.05, 0.1) is 19.3 Å². The topological polar surface area (TPSA) is 53.1 Å². The molecule has 0 spiro atoms. The van der Waals surface area contributed by atoms with Crippen LogP contribution in [0.5, 0.6) is 5.75 Å². The molecule has 5 heteroatoms. The van der Waals surface area contributed by atoms with Crippen LogP contribution < -0.4 is 10.5 Å². The van der Waals surface area contributed by atoms with Gasteiger partial charge in [-0.1, -0.05) is 17.7 Å². The first-order valence-corrected chi connectivity index (χ1v) is 6.74. The molecule has 3 rings (SSSR count). The van der Waals surface area contributed by atoms with Gasteiger partial charge in [0.15, 0.2) is 0 Å². The number of ether oxygens (including phenoxy) is 1. The molecule has 1 heterocycles. The lowest BCUT2D eigenvalue weighted by atomic mass is 9.87. The van der Waals surface area contributed by atoms with Crippen molar-refractivity contribution in [2.24, 2.45) is 0 Å². The molecule has 0 saturated heterocycles. The van der Waals surface area contributed by atoms with Crippen LogP contribution in [-0.4, -0.2) is 16.9 Å². The highest BCUT2D eigenvalue weighted by atomic mass is 35.5. The molecule has 2 N–H and O–H groups in total. The third-order valence-electron chi connectivity index (χ3n) is 3.72. The fourth-order valence-electron chi connectivity index (χ4n) is 2.75. The van der Waals surface area contributed by atoms with Crippen LogP contribution in [0.25, 0.3) is 0 Å². The third kappa shape index (κ3) is 2.06. The highest BCUT2D eigenvalue weighted by molar-refractivity contribution is 6.32. The summed E-state index contributed by atoms with van der Waals surface area (Å²) in [6, 6.07) is 6.36. The second kappa shape index (κ2) is 4.78. The number of anilines is 1. The van der Waals surface area contributed by atoms with E-state index in [0.29, 0.717) is 10.8 Å². The van der Waals surface area contributed by atoms with Crippen molar-refractivity contribution in [3.05, 3.63) is 40.5 Å². The molecule has 1 aliphatic rings. The van der Waals surface area contributed by atoms with Gasteiger partial charge in [-0.3, -0.25) is 0 Å². The van der Waals surface area contributed by atoms with E-state index in [1.807, 2.05) is 10.7 Å².